The molecule has 0 heterocycles. The number of carbonyl (C=O) groups is 1. The van der Waals surface area contributed by atoms with Crippen molar-refractivity contribution in [3.8, 4) is 0 Å². The maximum atomic E-state index is 11.6. The van der Waals surface area contributed by atoms with Crippen LogP contribution in [0.15, 0.2) is 0 Å². The van der Waals surface area contributed by atoms with Crippen molar-refractivity contribution >= 4 is 23.0 Å². The molecule has 0 aliphatic rings. The number of nitrogens with zero attached hydrogens (tertiary/aromatic N) is 1. The van der Waals surface area contributed by atoms with Gasteiger partial charge in [0.1, 0.15) is 6.04 Å². The number of halogens is 1. The molecule has 4 heteroatoms. The fraction of sp³-hybridized carbons (Fsp3) is 0.941. The van der Waals surface area contributed by atoms with E-state index in [-0.39, 0.29) is 29.0 Å². The number of rotatable bonds is 13. The van der Waals surface area contributed by atoms with Crippen LogP contribution in [0.1, 0.15) is 78.1 Å². The summed E-state index contributed by atoms with van der Waals surface area (Å²) in [5.41, 5.74) is 0. The molecule has 0 aromatic carbocycles. The van der Waals surface area contributed by atoms with Gasteiger partial charge in [-0.25, -0.2) is 0 Å². The monoisotopic (exact) mass is 365 g/mol. The fourth-order valence-electron chi connectivity index (χ4n) is 2.09. The van der Waals surface area contributed by atoms with E-state index in [0.717, 1.165) is 6.42 Å². The summed E-state index contributed by atoms with van der Waals surface area (Å²) in [6.07, 6.45) is 13.0. The number of esters is 1. The SMILES string of the molecule is Br.CCCCCCCCCCCCOC(=O)[C@H](C)N(C)C. The summed E-state index contributed by atoms with van der Waals surface area (Å²) in [5.74, 6) is -0.106. The zero-order valence-corrected chi connectivity index (χ0v) is 16.2. The first kappa shape index (κ1) is 23.2. The Morgan fingerprint density at radius 3 is 1.76 bits per heavy atom. The zero-order chi connectivity index (χ0) is 15.2. The Bertz CT molecular complexity index is 235. The minimum atomic E-state index is -0.141. The zero-order valence-electron chi connectivity index (χ0n) is 14.5. The third kappa shape index (κ3) is 14.6. The molecule has 0 aliphatic carbocycles. The van der Waals surface area contributed by atoms with Gasteiger partial charge in [-0.15, -0.1) is 17.0 Å². The van der Waals surface area contributed by atoms with Gasteiger partial charge in [-0.3, -0.25) is 9.69 Å². The van der Waals surface area contributed by atoms with Crippen LogP contribution in [0.2, 0.25) is 0 Å². The summed E-state index contributed by atoms with van der Waals surface area (Å²) in [6, 6.07) is -0.141. The molecule has 0 rings (SSSR count). The maximum Gasteiger partial charge on any atom is 0.323 e. The average molecular weight is 366 g/mol. The molecule has 0 spiro atoms. The molecular weight excluding hydrogens is 330 g/mol. The highest BCUT2D eigenvalue weighted by atomic mass is 79.9. The van der Waals surface area contributed by atoms with E-state index in [1.54, 1.807) is 0 Å². The van der Waals surface area contributed by atoms with Crippen LogP contribution in [0.5, 0.6) is 0 Å². The van der Waals surface area contributed by atoms with Crippen LogP contribution < -0.4 is 0 Å². The lowest BCUT2D eigenvalue weighted by Gasteiger charge is -2.17. The number of likely N-dealkylation sites (N-methyl/N-ethyl adjacent to an activating group) is 1. The molecule has 3 nitrogen and oxygen atoms in total. The largest absolute Gasteiger partial charge is 0.465 e. The molecular formula is C17H36BrNO2. The molecule has 1 atom stereocenters. The molecule has 0 aliphatic heterocycles. The number of ether oxygens (including phenoxy) is 1. The molecule has 0 saturated heterocycles. The number of unbranched alkanes of at least 4 members (excludes halogenated alkanes) is 9. The van der Waals surface area contributed by atoms with Crippen molar-refractivity contribution in [3.05, 3.63) is 0 Å². The van der Waals surface area contributed by atoms with Crippen molar-refractivity contribution in [2.24, 2.45) is 0 Å². The molecule has 0 radical (unpaired) electrons. The lowest BCUT2D eigenvalue weighted by molar-refractivity contribution is -0.148. The Morgan fingerprint density at radius 1 is 0.905 bits per heavy atom. The molecule has 0 aromatic heterocycles. The Kier molecular flexibility index (Phi) is 18.0. The highest BCUT2D eigenvalue weighted by molar-refractivity contribution is 8.93. The topological polar surface area (TPSA) is 29.5 Å². The molecule has 0 bridgehead atoms. The third-order valence-electron chi connectivity index (χ3n) is 3.86. The van der Waals surface area contributed by atoms with Crippen LogP contribution in [-0.4, -0.2) is 37.6 Å². The van der Waals surface area contributed by atoms with Crippen LogP contribution in [0.25, 0.3) is 0 Å². The third-order valence-corrected chi connectivity index (χ3v) is 3.86. The summed E-state index contributed by atoms with van der Waals surface area (Å²) in [6.45, 7) is 4.71. The number of hydrogen-bond acceptors (Lipinski definition) is 3. The van der Waals surface area contributed by atoms with E-state index in [0.29, 0.717) is 6.61 Å². The minimum Gasteiger partial charge on any atom is -0.465 e. The van der Waals surface area contributed by atoms with Gasteiger partial charge < -0.3 is 4.74 Å². The van der Waals surface area contributed by atoms with Gasteiger partial charge in [0.05, 0.1) is 6.61 Å². The number of hydrogen-bond donors (Lipinski definition) is 0. The van der Waals surface area contributed by atoms with E-state index in [2.05, 4.69) is 6.92 Å². The molecule has 0 N–H and O–H groups in total. The Labute approximate surface area is 142 Å². The van der Waals surface area contributed by atoms with E-state index in [1.165, 1.54) is 57.8 Å². The second kappa shape index (κ2) is 16.3. The molecule has 0 aromatic rings. The molecule has 21 heavy (non-hydrogen) atoms. The van der Waals surface area contributed by atoms with Gasteiger partial charge in [0.15, 0.2) is 0 Å². The first-order chi connectivity index (χ1) is 9.59. The highest BCUT2D eigenvalue weighted by Crippen LogP contribution is 2.10. The normalized spacial score (nSPS) is 12.0. The van der Waals surface area contributed by atoms with Gasteiger partial charge >= 0.3 is 5.97 Å². The molecule has 0 fully saturated rings. The van der Waals surface area contributed by atoms with Crippen molar-refractivity contribution in [1.29, 1.82) is 0 Å². The molecule has 0 amide bonds. The lowest BCUT2D eigenvalue weighted by Crippen LogP contribution is -2.34. The van der Waals surface area contributed by atoms with Crippen LogP contribution >= 0.6 is 17.0 Å². The van der Waals surface area contributed by atoms with Crippen molar-refractivity contribution in [1.82, 2.24) is 4.90 Å². The van der Waals surface area contributed by atoms with Gasteiger partial charge in [-0.05, 0) is 27.4 Å². The predicted molar refractivity (Wildman–Crippen MR) is 96.3 cm³/mol. The van der Waals surface area contributed by atoms with Crippen LogP contribution in [0.4, 0.5) is 0 Å². The van der Waals surface area contributed by atoms with Crippen LogP contribution in [0.3, 0.4) is 0 Å². The summed E-state index contributed by atoms with van der Waals surface area (Å²) in [5, 5.41) is 0. The van der Waals surface area contributed by atoms with Crippen LogP contribution in [-0.2, 0) is 9.53 Å². The standard InChI is InChI=1S/C17H35NO2.BrH/c1-5-6-7-8-9-10-11-12-13-14-15-20-17(19)16(2)18(3)4;/h16H,5-15H2,1-4H3;1H/t16-;/m0./s1. The van der Waals surface area contributed by atoms with Crippen molar-refractivity contribution in [2.45, 2.75) is 84.1 Å². The maximum absolute atomic E-state index is 11.6. The summed E-state index contributed by atoms with van der Waals surface area (Å²) in [4.78, 5) is 13.5. The quantitative estimate of drug-likeness (QED) is 0.340. The van der Waals surface area contributed by atoms with E-state index in [4.69, 9.17) is 4.74 Å². The minimum absolute atomic E-state index is 0. The van der Waals surface area contributed by atoms with E-state index in [9.17, 15) is 4.79 Å². The first-order valence-electron chi connectivity index (χ1n) is 8.42. The van der Waals surface area contributed by atoms with E-state index >= 15 is 0 Å². The molecule has 0 unspecified atom stereocenters. The van der Waals surface area contributed by atoms with Gasteiger partial charge in [0.25, 0.3) is 0 Å². The second-order valence-electron chi connectivity index (χ2n) is 5.99. The van der Waals surface area contributed by atoms with Gasteiger partial charge in [-0.2, -0.15) is 0 Å². The number of carbonyl (C=O) groups excluding carboxylic acids is 1. The Hall–Kier alpha value is -0.0900. The summed E-state index contributed by atoms with van der Waals surface area (Å²) in [7, 11) is 3.79. The lowest BCUT2D eigenvalue weighted by atomic mass is 10.1. The molecule has 0 saturated carbocycles. The van der Waals surface area contributed by atoms with Gasteiger partial charge in [0.2, 0.25) is 0 Å². The van der Waals surface area contributed by atoms with Crippen molar-refractivity contribution < 1.29 is 9.53 Å². The summed E-state index contributed by atoms with van der Waals surface area (Å²) >= 11 is 0. The van der Waals surface area contributed by atoms with Gasteiger partial charge in [0, 0.05) is 0 Å². The Balaban J connectivity index is 0. The van der Waals surface area contributed by atoms with Crippen molar-refractivity contribution in [2.75, 3.05) is 20.7 Å². The van der Waals surface area contributed by atoms with Gasteiger partial charge in [-0.1, -0.05) is 64.7 Å². The van der Waals surface area contributed by atoms with E-state index < -0.39 is 0 Å². The highest BCUT2D eigenvalue weighted by Gasteiger charge is 2.15. The average Bonchev–Trinajstić information content (AvgIpc) is 2.43. The van der Waals surface area contributed by atoms with E-state index in [1.807, 2.05) is 25.9 Å². The Morgan fingerprint density at radius 2 is 1.33 bits per heavy atom. The van der Waals surface area contributed by atoms with Crippen LogP contribution in [0, 0.1) is 0 Å². The second-order valence-corrected chi connectivity index (χ2v) is 5.99. The first-order valence-corrected chi connectivity index (χ1v) is 8.42. The smallest absolute Gasteiger partial charge is 0.323 e. The van der Waals surface area contributed by atoms with Crippen molar-refractivity contribution in [3.63, 3.8) is 0 Å². The summed E-state index contributed by atoms with van der Waals surface area (Å²) < 4.78 is 5.26. The predicted octanol–water partition coefficient (Wildman–Crippen LogP) is 4.98. The molecule has 128 valence electrons. The fourth-order valence-corrected chi connectivity index (χ4v) is 2.09.